The number of aliphatic hydroxyl groups excluding tert-OH is 2. The summed E-state index contributed by atoms with van der Waals surface area (Å²) in [6.07, 6.45) is 1.84. The Labute approximate surface area is 96.9 Å². The number of aromatic nitrogens is 2. The van der Waals surface area contributed by atoms with Crippen LogP contribution in [0, 0.1) is 0 Å². The summed E-state index contributed by atoms with van der Waals surface area (Å²) < 4.78 is 0. The van der Waals surface area contributed by atoms with Crippen molar-refractivity contribution in [3.05, 3.63) is 11.2 Å². The van der Waals surface area contributed by atoms with Crippen molar-refractivity contribution in [1.82, 2.24) is 9.97 Å². The first-order valence-electron chi connectivity index (χ1n) is 4.26. The van der Waals surface area contributed by atoms with Gasteiger partial charge in [-0.15, -0.1) is 0 Å². The Morgan fingerprint density at radius 3 is 2.67 bits per heavy atom. The molecule has 0 saturated heterocycles. The van der Waals surface area contributed by atoms with Crippen molar-refractivity contribution in [3.63, 3.8) is 0 Å². The number of hydrogen-bond acceptors (Lipinski definition) is 6. The van der Waals surface area contributed by atoms with Crippen molar-refractivity contribution < 1.29 is 10.2 Å². The number of thioether (sulfide) groups is 1. The summed E-state index contributed by atoms with van der Waals surface area (Å²) in [6.45, 7) is -0.348. The number of nitrogens with one attached hydrogen (secondary N) is 1. The Kier molecular flexibility index (Phi) is 5.10. The lowest BCUT2D eigenvalue weighted by Gasteiger charge is -2.14. The zero-order valence-corrected chi connectivity index (χ0v) is 9.72. The van der Waals surface area contributed by atoms with Gasteiger partial charge in [0.2, 0.25) is 0 Å². The molecule has 0 aliphatic carbocycles. The summed E-state index contributed by atoms with van der Waals surface area (Å²) >= 11 is 7.14. The number of aliphatic hydroxyl groups is 2. The molecule has 1 rings (SSSR count). The largest absolute Gasteiger partial charge is 0.394 e. The predicted molar refractivity (Wildman–Crippen MR) is 60.4 cm³/mol. The molecule has 0 aliphatic rings. The Balaban J connectivity index is 2.79. The summed E-state index contributed by atoms with van der Waals surface area (Å²) in [7, 11) is 0. The minimum Gasteiger partial charge on any atom is -0.394 e. The summed E-state index contributed by atoms with van der Waals surface area (Å²) in [5.74, 6) is 0.493. The third kappa shape index (κ3) is 3.83. The fourth-order valence-corrected chi connectivity index (χ4v) is 1.53. The third-order valence-electron chi connectivity index (χ3n) is 1.65. The molecule has 0 fully saturated rings. The molecule has 0 aliphatic heterocycles. The van der Waals surface area contributed by atoms with Crippen LogP contribution in [0.1, 0.15) is 0 Å². The molecular formula is C8H12ClN3O2S. The number of halogens is 1. The molecule has 0 bridgehead atoms. The maximum atomic E-state index is 8.88. The highest BCUT2D eigenvalue weighted by Crippen LogP contribution is 2.17. The second-order valence-electron chi connectivity index (χ2n) is 2.77. The lowest BCUT2D eigenvalue weighted by Crippen LogP contribution is -2.28. The minimum absolute atomic E-state index is 0.174. The van der Waals surface area contributed by atoms with Crippen molar-refractivity contribution in [1.29, 1.82) is 0 Å². The Morgan fingerprint density at radius 1 is 1.47 bits per heavy atom. The third-order valence-corrected chi connectivity index (χ3v) is 2.39. The van der Waals surface area contributed by atoms with E-state index in [0.717, 1.165) is 0 Å². The van der Waals surface area contributed by atoms with Crippen molar-refractivity contribution in [2.75, 3.05) is 24.8 Å². The molecule has 0 unspecified atom stereocenters. The molecule has 3 N–H and O–H groups in total. The lowest BCUT2D eigenvalue weighted by atomic mass is 10.3. The summed E-state index contributed by atoms with van der Waals surface area (Å²) in [6, 6.07) is 1.10. The molecule has 0 spiro atoms. The maximum absolute atomic E-state index is 8.88. The van der Waals surface area contributed by atoms with Crippen LogP contribution in [0.15, 0.2) is 11.2 Å². The van der Waals surface area contributed by atoms with E-state index in [0.29, 0.717) is 16.1 Å². The van der Waals surface area contributed by atoms with Crippen molar-refractivity contribution in [2.45, 2.75) is 11.2 Å². The first-order chi connectivity index (χ1) is 7.19. The van der Waals surface area contributed by atoms with Gasteiger partial charge in [0.15, 0.2) is 5.16 Å². The molecule has 7 heteroatoms. The van der Waals surface area contributed by atoms with Gasteiger partial charge < -0.3 is 15.5 Å². The van der Waals surface area contributed by atoms with Crippen molar-refractivity contribution in [3.8, 4) is 0 Å². The highest BCUT2D eigenvalue weighted by Gasteiger charge is 2.08. The van der Waals surface area contributed by atoms with Gasteiger partial charge in [0.1, 0.15) is 11.0 Å². The molecular weight excluding hydrogens is 238 g/mol. The molecule has 0 radical (unpaired) electrons. The Bertz CT molecular complexity index is 323. The fourth-order valence-electron chi connectivity index (χ4n) is 0.920. The van der Waals surface area contributed by atoms with Gasteiger partial charge in [-0.2, -0.15) is 0 Å². The van der Waals surface area contributed by atoms with Crippen molar-refractivity contribution in [2.24, 2.45) is 0 Å². The SMILES string of the molecule is CSc1nc(Cl)cc(NC(CO)CO)n1. The van der Waals surface area contributed by atoms with Gasteiger partial charge in [0.25, 0.3) is 0 Å². The van der Waals surface area contributed by atoms with Crippen molar-refractivity contribution >= 4 is 29.2 Å². The standard InChI is InChI=1S/C8H12ClN3O2S/c1-15-8-11-6(9)2-7(12-8)10-5(3-13)4-14/h2,5,13-14H,3-4H2,1H3,(H,10,11,12). The first-order valence-corrected chi connectivity index (χ1v) is 5.86. The van der Waals surface area contributed by atoms with Gasteiger partial charge in [-0.05, 0) is 6.26 Å². The summed E-state index contributed by atoms with van der Waals surface area (Å²) in [5.41, 5.74) is 0. The molecule has 15 heavy (non-hydrogen) atoms. The number of rotatable bonds is 5. The molecule has 1 aromatic heterocycles. The van der Waals surface area contributed by atoms with E-state index in [1.807, 2.05) is 6.26 Å². The van der Waals surface area contributed by atoms with Crippen LogP contribution >= 0.6 is 23.4 Å². The van der Waals surface area contributed by atoms with Gasteiger partial charge in [0, 0.05) is 6.07 Å². The number of anilines is 1. The molecule has 0 atom stereocenters. The molecule has 1 heterocycles. The Hall–Kier alpha value is -0.560. The van der Waals surface area contributed by atoms with E-state index in [9.17, 15) is 0 Å². The van der Waals surface area contributed by atoms with Crippen LogP contribution in [0.5, 0.6) is 0 Å². The second-order valence-corrected chi connectivity index (χ2v) is 3.93. The average molecular weight is 250 g/mol. The van der Waals surface area contributed by atoms with E-state index < -0.39 is 6.04 Å². The fraction of sp³-hybridized carbons (Fsp3) is 0.500. The van der Waals surface area contributed by atoms with Crippen LogP contribution in [-0.2, 0) is 0 Å². The number of nitrogens with zero attached hydrogens (tertiary/aromatic N) is 2. The van der Waals surface area contributed by atoms with E-state index >= 15 is 0 Å². The topological polar surface area (TPSA) is 78.3 Å². The van der Waals surface area contributed by atoms with E-state index in [1.165, 1.54) is 11.8 Å². The van der Waals surface area contributed by atoms with E-state index in [1.54, 1.807) is 6.07 Å². The Morgan fingerprint density at radius 2 is 2.13 bits per heavy atom. The quantitative estimate of drug-likeness (QED) is 0.403. The van der Waals surface area contributed by atoms with Crippen LogP contribution in [0.3, 0.4) is 0 Å². The van der Waals surface area contributed by atoms with Crippen LogP contribution < -0.4 is 5.32 Å². The molecule has 0 aromatic carbocycles. The van der Waals surface area contributed by atoms with E-state index in [4.69, 9.17) is 21.8 Å². The molecule has 1 aromatic rings. The predicted octanol–water partition coefficient (Wildman–Crippen LogP) is 0.617. The van der Waals surface area contributed by atoms with Gasteiger partial charge >= 0.3 is 0 Å². The van der Waals surface area contributed by atoms with Crippen LogP contribution in [-0.4, -0.2) is 45.7 Å². The van der Waals surface area contributed by atoms with Crippen LogP contribution in [0.4, 0.5) is 5.82 Å². The molecule has 84 valence electrons. The molecule has 5 nitrogen and oxygen atoms in total. The zero-order chi connectivity index (χ0) is 11.3. The van der Waals surface area contributed by atoms with E-state index in [-0.39, 0.29) is 13.2 Å². The van der Waals surface area contributed by atoms with Gasteiger partial charge in [-0.3, -0.25) is 0 Å². The minimum atomic E-state index is -0.439. The summed E-state index contributed by atoms with van der Waals surface area (Å²) in [4.78, 5) is 8.09. The summed E-state index contributed by atoms with van der Waals surface area (Å²) in [5, 5.41) is 21.5. The monoisotopic (exact) mass is 249 g/mol. The molecule has 0 saturated carbocycles. The number of hydrogen-bond donors (Lipinski definition) is 3. The molecule has 0 amide bonds. The van der Waals surface area contributed by atoms with Gasteiger partial charge in [-0.25, -0.2) is 9.97 Å². The normalized spacial score (nSPS) is 10.7. The van der Waals surface area contributed by atoms with Crippen LogP contribution in [0.25, 0.3) is 0 Å². The van der Waals surface area contributed by atoms with Gasteiger partial charge in [-0.1, -0.05) is 23.4 Å². The first kappa shape index (κ1) is 12.5. The van der Waals surface area contributed by atoms with Crippen LogP contribution in [0.2, 0.25) is 5.15 Å². The average Bonchev–Trinajstić information content (AvgIpc) is 2.25. The smallest absolute Gasteiger partial charge is 0.190 e. The van der Waals surface area contributed by atoms with Gasteiger partial charge in [0.05, 0.1) is 19.3 Å². The maximum Gasteiger partial charge on any atom is 0.190 e. The lowest BCUT2D eigenvalue weighted by molar-refractivity contribution is 0.203. The zero-order valence-electron chi connectivity index (χ0n) is 8.14. The van der Waals surface area contributed by atoms with E-state index in [2.05, 4.69) is 15.3 Å². The highest BCUT2D eigenvalue weighted by molar-refractivity contribution is 7.98. The second kappa shape index (κ2) is 6.12. The highest BCUT2D eigenvalue weighted by atomic mass is 35.5.